The Bertz CT molecular complexity index is 488. The summed E-state index contributed by atoms with van der Waals surface area (Å²) in [4.78, 5) is 8.63. The molecule has 16 heavy (non-hydrogen) atoms. The fraction of sp³-hybridized carbons (Fsp3) is 0.500. The second-order valence-electron chi connectivity index (χ2n) is 3.97. The van der Waals surface area contributed by atoms with Crippen molar-refractivity contribution in [1.82, 2.24) is 15.1 Å². The van der Waals surface area contributed by atoms with Crippen molar-refractivity contribution in [2.75, 3.05) is 5.32 Å². The van der Waals surface area contributed by atoms with Crippen LogP contribution in [0.1, 0.15) is 35.3 Å². The summed E-state index contributed by atoms with van der Waals surface area (Å²) in [5.74, 6) is 1.36. The van der Waals surface area contributed by atoms with Gasteiger partial charge in [-0.1, -0.05) is 5.16 Å². The molecule has 0 amide bonds. The van der Waals surface area contributed by atoms with Gasteiger partial charge in [0.1, 0.15) is 5.01 Å². The Kier molecular flexibility index (Phi) is 2.36. The normalized spacial score (nSPS) is 15.3. The molecule has 0 bridgehead atoms. The lowest BCUT2D eigenvalue weighted by molar-refractivity contribution is 0.422. The smallest absolute Gasteiger partial charge is 0.321 e. The fourth-order valence-corrected chi connectivity index (χ4v) is 2.16. The highest BCUT2D eigenvalue weighted by molar-refractivity contribution is 7.09. The lowest BCUT2D eigenvalue weighted by Gasteiger charge is -1.95. The fourth-order valence-electron chi connectivity index (χ4n) is 1.45. The van der Waals surface area contributed by atoms with E-state index in [0.29, 0.717) is 18.5 Å². The molecular formula is C10H12N4OS. The summed E-state index contributed by atoms with van der Waals surface area (Å²) in [5, 5.41) is 10.1. The zero-order valence-electron chi connectivity index (χ0n) is 8.93. The molecule has 1 N–H and O–H groups in total. The van der Waals surface area contributed by atoms with E-state index in [1.165, 1.54) is 12.8 Å². The predicted octanol–water partition coefficient (Wildman–Crippen LogP) is 2.32. The van der Waals surface area contributed by atoms with Crippen LogP contribution in [0.5, 0.6) is 0 Å². The van der Waals surface area contributed by atoms with E-state index in [1.54, 1.807) is 11.3 Å². The van der Waals surface area contributed by atoms with Gasteiger partial charge in [-0.05, 0) is 19.8 Å². The van der Waals surface area contributed by atoms with Crippen LogP contribution in [0.15, 0.2) is 9.90 Å². The van der Waals surface area contributed by atoms with Gasteiger partial charge in [0.15, 0.2) is 5.82 Å². The van der Waals surface area contributed by atoms with Crippen LogP contribution < -0.4 is 5.32 Å². The molecule has 2 heterocycles. The minimum absolute atomic E-state index is 0.495. The third kappa shape index (κ3) is 2.06. The van der Waals surface area contributed by atoms with Gasteiger partial charge in [0, 0.05) is 17.0 Å². The average molecular weight is 236 g/mol. The van der Waals surface area contributed by atoms with E-state index in [2.05, 4.69) is 20.4 Å². The van der Waals surface area contributed by atoms with Crippen molar-refractivity contribution in [2.24, 2.45) is 0 Å². The molecule has 0 aromatic carbocycles. The summed E-state index contributed by atoms with van der Waals surface area (Å²) >= 11 is 1.63. The molecule has 1 aliphatic rings. The lowest BCUT2D eigenvalue weighted by atomic mass is 10.4. The lowest BCUT2D eigenvalue weighted by Crippen LogP contribution is -1.99. The molecule has 0 saturated heterocycles. The SMILES string of the molecule is Cc1csc(CNc2nc(C3CC3)no2)n1. The maximum absolute atomic E-state index is 5.10. The van der Waals surface area contributed by atoms with Gasteiger partial charge >= 0.3 is 6.01 Å². The van der Waals surface area contributed by atoms with E-state index in [4.69, 9.17) is 4.52 Å². The van der Waals surface area contributed by atoms with Crippen molar-refractivity contribution < 1.29 is 4.52 Å². The molecule has 0 unspecified atom stereocenters. The van der Waals surface area contributed by atoms with Gasteiger partial charge in [-0.3, -0.25) is 0 Å². The molecule has 0 aliphatic heterocycles. The molecule has 2 aromatic heterocycles. The number of thiazole rings is 1. The summed E-state index contributed by atoms with van der Waals surface area (Å²) in [6, 6.07) is 0.495. The highest BCUT2D eigenvalue weighted by atomic mass is 32.1. The van der Waals surface area contributed by atoms with E-state index in [-0.39, 0.29) is 0 Å². The van der Waals surface area contributed by atoms with E-state index < -0.39 is 0 Å². The summed E-state index contributed by atoms with van der Waals surface area (Å²) in [5.41, 5.74) is 1.05. The van der Waals surface area contributed by atoms with E-state index in [9.17, 15) is 0 Å². The molecule has 2 aromatic rings. The quantitative estimate of drug-likeness (QED) is 0.882. The Balaban J connectivity index is 1.61. The maximum Gasteiger partial charge on any atom is 0.321 e. The highest BCUT2D eigenvalue weighted by Gasteiger charge is 2.28. The molecule has 84 valence electrons. The maximum atomic E-state index is 5.10. The van der Waals surface area contributed by atoms with E-state index in [0.717, 1.165) is 16.5 Å². The number of hydrogen-bond acceptors (Lipinski definition) is 6. The summed E-state index contributed by atoms with van der Waals surface area (Å²) < 4.78 is 5.10. The van der Waals surface area contributed by atoms with Crippen LogP contribution in [0.3, 0.4) is 0 Å². The summed E-state index contributed by atoms with van der Waals surface area (Å²) in [6.07, 6.45) is 2.37. The van der Waals surface area contributed by atoms with Crippen molar-refractivity contribution in [3.05, 3.63) is 21.9 Å². The van der Waals surface area contributed by atoms with Gasteiger partial charge < -0.3 is 9.84 Å². The van der Waals surface area contributed by atoms with Crippen molar-refractivity contribution in [3.8, 4) is 0 Å². The third-order valence-electron chi connectivity index (χ3n) is 2.44. The standard InChI is InChI=1S/C10H12N4OS/c1-6-5-16-8(12-6)4-11-10-13-9(14-15-10)7-2-3-7/h5,7H,2-4H2,1H3,(H,11,13,14). The molecule has 0 atom stereocenters. The van der Waals surface area contributed by atoms with Crippen LogP contribution in [-0.2, 0) is 6.54 Å². The Hall–Kier alpha value is -1.43. The van der Waals surface area contributed by atoms with Gasteiger partial charge in [-0.2, -0.15) is 4.98 Å². The first kappa shape index (κ1) is 9.77. The van der Waals surface area contributed by atoms with Crippen LogP contribution in [0.25, 0.3) is 0 Å². The molecule has 1 aliphatic carbocycles. The number of anilines is 1. The largest absolute Gasteiger partial charge is 0.331 e. The predicted molar refractivity (Wildman–Crippen MR) is 60.5 cm³/mol. The number of aryl methyl sites for hydroxylation is 1. The average Bonchev–Trinajstić information content (AvgIpc) is 2.87. The third-order valence-corrected chi connectivity index (χ3v) is 3.41. The van der Waals surface area contributed by atoms with Crippen molar-refractivity contribution in [1.29, 1.82) is 0 Å². The van der Waals surface area contributed by atoms with Crippen LogP contribution in [0.2, 0.25) is 0 Å². The zero-order chi connectivity index (χ0) is 11.0. The number of aromatic nitrogens is 3. The molecule has 1 saturated carbocycles. The molecule has 3 rings (SSSR count). The highest BCUT2D eigenvalue weighted by Crippen LogP contribution is 2.38. The number of nitrogens with one attached hydrogen (secondary N) is 1. The van der Waals surface area contributed by atoms with Crippen molar-refractivity contribution in [2.45, 2.75) is 32.2 Å². The topological polar surface area (TPSA) is 63.8 Å². The Morgan fingerprint density at radius 2 is 2.38 bits per heavy atom. The minimum atomic E-state index is 0.495. The molecule has 0 radical (unpaired) electrons. The summed E-state index contributed by atoms with van der Waals surface area (Å²) in [7, 11) is 0. The van der Waals surface area contributed by atoms with Gasteiger partial charge in [0.05, 0.1) is 6.54 Å². The van der Waals surface area contributed by atoms with E-state index >= 15 is 0 Å². The Morgan fingerprint density at radius 1 is 1.50 bits per heavy atom. The minimum Gasteiger partial charge on any atom is -0.331 e. The van der Waals surface area contributed by atoms with Gasteiger partial charge in [0.2, 0.25) is 0 Å². The van der Waals surface area contributed by atoms with Crippen LogP contribution in [0, 0.1) is 6.92 Å². The molecule has 6 heteroatoms. The second kappa shape index (κ2) is 3.86. The Labute approximate surface area is 96.9 Å². The first-order chi connectivity index (χ1) is 7.81. The van der Waals surface area contributed by atoms with Crippen LogP contribution in [0.4, 0.5) is 6.01 Å². The first-order valence-corrected chi connectivity index (χ1v) is 6.18. The summed E-state index contributed by atoms with van der Waals surface area (Å²) in [6.45, 7) is 2.63. The first-order valence-electron chi connectivity index (χ1n) is 5.30. The van der Waals surface area contributed by atoms with Crippen molar-refractivity contribution >= 4 is 17.4 Å². The molecule has 5 nitrogen and oxygen atoms in total. The van der Waals surface area contributed by atoms with Crippen LogP contribution in [-0.4, -0.2) is 15.1 Å². The van der Waals surface area contributed by atoms with Gasteiger partial charge in [-0.25, -0.2) is 4.98 Å². The molecular weight excluding hydrogens is 224 g/mol. The van der Waals surface area contributed by atoms with Gasteiger partial charge in [-0.15, -0.1) is 11.3 Å². The molecule has 0 spiro atoms. The van der Waals surface area contributed by atoms with Crippen LogP contribution >= 0.6 is 11.3 Å². The second-order valence-corrected chi connectivity index (χ2v) is 4.91. The number of rotatable bonds is 4. The van der Waals surface area contributed by atoms with E-state index in [1.807, 2.05) is 12.3 Å². The number of nitrogens with zero attached hydrogens (tertiary/aromatic N) is 3. The van der Waals surface area contributed by atoms with Gasteiger partial charge in [0.25, 0.3) is 0 Å². The Morgan fingerprint density at radius 3 is 3.06 bits per heavy atom. The van der Waals surface area contributed by atoms with Crippen molar-refractivity contribution in [3.63, 3.8) is 0 Å². The molecule has 1 fully saturated rings. The number of hydrogen-bond donors (Lipinski definition) is 1. The monoisotopic (exact) mass is 236 g/mol. The zero-order valence-corrected chi connectivity index (χ0v) is 9.75.